The quantitative estimate of drug-likeness (QED) is 0.662. The van der Waals surface area contributed by atoms with Crippen molar-refractivity contribution >= 4 is 17.2 Å². The van der Waals surface area contributed by atoms with Gasteiger partial charge in [-0.3, -0.25) is 9.78 Å². The van der Waals surface area contributed by atoms with Gasteiger partial charge in [0.05, 0.1) is 18.7 Å². The predicted molar refractivity (Wildman–Crippen MR) is 103 cm³/mol. The maximum absolute atomic E-state index is 12.1. The summed E-state index contributed by atoms with van der Waals surface area (Å²) in [6.45, 7) is 3.18. The zero-order valence-electron chi connectivity index (χ0n) is 14.6. The number of nitrogens with one attached hydrogen (secondary N) is 1. The maximum Gasteiger partial charge on any atom is 0.226 e. The van der Waals surface area contributed by atoms with Crippen LogP contribution in [-0.2, 0) is 17.6 Å². The molecule has 0 fully saturated rings. The first-order valence-electron chi connectivity index (χ1n) is 8.59. The van der Waals surface area contributed by atoms with E-state index in [0.29, 0.717) is 13.2 Å². The van der Waals surface area contributed by atoms with Gasteiger partial charge in [-0.05, 0) is 43.3 Å². The second kappa shape index (κ2) is 9.10. The molecule has 0 saturated heterocycles. The Morgan fingerprint density at radius 2 is 2.00 bits per heavy atom. The summed E-state index contributed by atoms with van der Waals surface area (Å²) in [5.41, 5.74) is 2.79. The summed E-state index contributed by atoms with van der Waals surface area (Å²) in [4.78, 5) is 20.9. The van der Waals surface area contributed by atoms with Crippen LogP contribution in [0.25, 0.3) is 10.6 Å². The van der Waals surface area contributed by atoms with Crippen LogP contribution >= 0.6 is 11.3 Å². The highest BCUT2D eigenvalue weighted by Gasteiger charge is 2.09. The fourth-order valence-electron chi connectivity index (χ4n) is 2.48. The van der Waals surface area contributed by atoms with Gasteiger partial charge in [-0.25, -0.2) is 4.98 Å². The lowest BCUT2D eigenvalue weighted by Crippen LogP contribution is -2.27. The van der Waals surface area contributed by atoms with Gasteiger partial charge in [0.2, 0.25) is 5.91 Å². The number of hydrogen-bond acceptors (Lipinski definition) is 5. The molecule has 1 N–H and O–H groups in total. The number of benzene rings is 1. The number of thiazole rings is 1. The monoisotopic (exact) mass is 367 g/mol. The van der Waals surface area contributed by atoms with E-state index < -0.39 is 0 Å². The van der Waals surface area contributed by atoms with E-state index in [1.807, 2.05) is 54.8 Å². The Bertz CT molecular complexity index is 832. The first kappa shape index (κ1) is 18.1. The summed E-state index contributed by atoms with van der Waals surface area (Å²) in [7, 11) is 0. The van der Waals surface area contributed by atoms with Gasteiger partial charge < -0.3 is 10.1 Å². The average molecular weight is 367 g/mol. The maximum atomic E-state index is 12.1. The van der Waals surface area contributed by atoms with Crippen molar-refractivity contribution in [2.75, 3.05) is 13.2 Å². The fourth-order valence-corrected chi connectivity index (χ4v) is 3.31. The fraction of sp³-hybridized carbons (Fsp3) is 0.250. The Hall–Kier alpha value is -2.73. The van der Waals surface area contributed by atoms with Crippen LogP contribution in [0.15, 0.2) is 54.0 Å². The van der Waals surface area contributed by atoms with Crippen LogP contribution in [-0.4, -0.2) is 29.0 Å². The molecule has 134 valence electrons. The molecule has 0 unspecified atom stereocenters. The Kier molecular flexibility index (Phi) is 6.33. The van der Waals surface area contributed by atoms with Gasteiger partial charge in [0, 0.05) is 35.8 Å². The van der Waals surface area contributed by atoms with E-state index in [-0.39, 0.29) is 12.3 Å². The summed E-state index contributed by atoms with van der Waals surface area (Å²) in [5.74, 6) is 0.824. The molecular weight excluding hydrogens is 346 g/mol. The minimum absolute atomic E-state index is 0.0236. The number of pyridine rings is 1. The minimum atomic E-state index is -0.0236. The van der Waals surface area contributed by atoms with E-state index in [1.165, 1.54) is 0 Å². The Labute approximate surface area is 157 Å². The molecule has 5 nitrogen and oxygen atoms in total. The Balaban J connectivity index is 1.50. The number of carbonyl (C=O) groups is 1. The molecule has 1 amide bonds. The predicted octanol–water partition coefficient (Wildman–Crippen LogP) is 3.51. The summed E-state index contributed by atoms with van der Waals surface area (Å²) in [5, 5.41) is 5.76. The van der Waals surface area contributed by atoms with E-state index in [9.17, 15) is 4.79 Å². The topological polar surface area (TPSA) is 64.1 Å². The SMILES string of the molecule is CCOc1ccc(-c2nc(CC(=O)NCCc3ccccn3)cs2)cc1. The Morgan fingerprint density at radius 3 is 2.73 bits per heavy atom. The van der Waals surface area contributed by atoms with Gasteiger partial charge >= 0.3 is 0 Å². The standard InChI is InChI=1S/C20H21N3O2S/c1-2-25-18-8-6-15(7-9-18)20-23-17(14-26-20)13-19(24)22-12-10-16-5-3-4-11-21-16/h3-9,11,14H,2,10,12-13H2,1H3,(H,22,24). The van der Waals surface area contributed by atoms with Crippen LogP contribution in [0.5, 0.6) is 5.75 Å². The normalized spacial score (nSPS) is 10.5. The zero-order chi connectivity index (χ0) is 18.2. The largest absolute Gasteiger partial charge is 0.494 e. The van der Waals surface area contributed by atoms with Gasteiger partial charge in [0.25, 0.3) is 0 Å². The molecular formula is C20H21N3O2S. The van der Waals surface area contributed by atoms with Gasteiger partial charge in [-0.2, -0.15) is 0 Å². The molecule has 3 rings (SSSR count). The first-order valence-corrected chi connectivity index (χ1v) is 9.47. The molecule has 0 bridgehead atoms. The van der Waals surface area contributed by atoms with E-state index in [2.05, 4.69) is 15.3 Å². The molecule has 2 heterocycles. The molecule has 0 atom stereocenters. The van der Waals surface area contributed by atoms with Gasteiger partial charge in [0.15, 0.2) is 0 Å². The molecule has 0 aliphatic heterocycles. The van der Waals surface area contributed by atoms with Crippen LogP contribution in [0.3, 0.4) is 0 Å². The molecule has 26 heavy (non-hydrogen) atoms. The van der Waals surface area contributed by atoms with Crippen molar-refractivity contribution in [1.29, 1.82) is 0 Å². The number of nitrogens with zero attached hydrogens (tertiary/aromatic N) is 2. The lowest BCUT2D eigenvalue weighted by molar-refractivity contribution is -0.120. The highest BCUT2D eigenvalue weighted by molar-refractivity contribution is 7.13. The average Bonchev–Trinajstić information content (AvgIpc) is 3.12. The van der Waals surface area contributed by atoms with Crippen LogP contribution in [0.2, 0.25) is 0 Å². The van der Waals surface area contributed by atoms with Crippen molar-refractivity contribution in [2.24, 2.45) is 0 Å². The number of amides is 1. The molecule has 0 saturated carbocycles. The second-order valence-corrected chi connectivity index (χ2v) is 6.56. The minimum Gasteiger partial charge on any atom is -0.494 e. The highest BCUT2D eigenvalue weighted by atomic mass is 32.1. The zero-order valence-corrected chi connectivity index (χ0v) is 15.5. The third-order valence-corrected chi connectivity index (χ3v) is 4.68. The van der Waals surface area contributed by atoms with Crippen molar-refractivity contribution in [2.45, 2.75) is 19.8 Å². The van der Waals surface area contributed by atoms with Crippen LogP contribution in [0.4, 0.5) is 0 Å². The van der Waals surface area contributed by atoms with E-state index in [4.69, 9.17) is 4.74 Å². The molecule has 1 aromatic carbocycles. The smallest absolute Gasteiger partial charge is 0.226 e. The number of hydrogen-bond donors (Lipinski definition) is 1. The second-order valence-electron chi connectivity index (χ2n) is 5.70. The summed E-state index contributed by atoms with van der Waals surface area (Å²) in [6, 6.07) is 13.6. The highest BCUT2D eigenvalue weighted by Crippen LogP contribution is 2.25. The number of carbonyl (C=O) groups excluding carboxylic acids is 1. The summed E-state index contributed by atoms with van der Waals surface area (Å²) in [6.07, 6.45) is 2.77. The van der Waals surface area contributed by atoms with E-state index >= 15 is 0 Å². The van der Waals surface area contributed by atoms with Crippen LogP contribution in [0, 0.1) is 0 Å². The lowest BCUT2D eigenvalue weighted by atomic mass is 10.2. The lowest BCUT2D eigenvalue weighted by Gasteiger charge is -2.04. The number of ether oxygens (including phenoxy) is 1. The van der Waals surface area contributed by atoms with Crippen LogP contribution in [0.1, 0.15) is 18.3 Å². The summed E-state index contributed by atoms with van der Waals surface area (Å²) < 4.78 is 5.45. The van der Waals surface area contributed by atoms with Crippen molar-refractivity contribution in [1.82, 2.24) is 15.3 Å². The Morgan fingerprint density at radius 1 is 1.15 bits per heavy atom. The molecule has 3 aromatic rings. The number of aromatic nitrogens is 2. The van der Waals surface area contributed by atoms with E-state index in [1.54, 1.807) is 17.5 Å². The molecule has 0 radical (unpaired) electrons. The van der Waals surface area contributed by atoms with Crippen molar-refractivity contribution in [3.05, 3.63) is 65.4 Å². The molecule has 0 aliphatic carbocycles. The van der Waals surface area contributed by atoms with Gasteiger partial charge in [-0.15, -0.1) is 11.3 Å². The number of rotatable bonds is 8. The van der Waals surface area contributed by atoms with Crippen molar-refractivity contribution < 1.29 is 9.53 Å². The van der Waals surface area contributed by atoms with Gasteiger partial charge in [-0.1, -0.05) is 6.07 Å². The molecule has 6 heteroatoms. The van der Waals surface area contributed by atoms with Gasteiger partial charge in [0.1, 0.15) is 10.8 Å². The summed E-state index contributed by atoms with van der Waals surface area (Å²) >= 11 is 1.54. The first-order chi connectivity index (χ1) is 12.7. The van der Waals surface area contributed by atoms with Crippen molar-refractivity contribution in [3.8, 4) is 16.3 Å². The molecule has 2 aromatic heterocycles. The van der Waals surface area contributed by atoms with Crippen LogP contribution < -0.4 is 10.1 Å². The molecule has 0 spiro atoms. The van der Waals surface area contributed by atoms with E-state index in [0.717, 1.165) is 34.1 Å². The van der Waals surface area contributed by atoms with Crippen molar-refractivity contribution in [3.63, 3.8) is 0 Å². The third-order valence-electron chi connectivity index (χ3n) is 3.74. The third kappa shape index (κ3) is 5.13. The molecule has 0 aliphatic rings.